The van der Waals surface area contributed by atoms with Crippen LogP contribution in [0.5, 0.6) is 0 Å². The summed E-state index contributed by atoms with van der Waals surface area (Å²) in [5.41, 5.74) is 0.873. The molecule has 1 aromatic rings. The van der Waals surface area contributed by atoms with Gasteiger partial charge in [0.2, 0.25) is 0 Å². The first-order valence-electron chi connectivity index (χ1n) is 4.31. The van der Waals surface area contributed by atoms with E-state index in [0.29, 0.717) is 10.9 Å². The van der Waals surface area contributed by atoms with Crippen LogP contribution in [-0.2, 0) is 0 Å². The summed E-state index contributed by atoms with van der Waals surface area (Å²) in [5.74, 6) is 0.315. The summed E-state index contributed by atoms with van der Waals surface area (Å²) in [4.78, 5) is 3.89. The van der Waals surface area contributed by atoms with Crippen LogP contribution >= 0.6 is 34.8 Å². The number of alkyl halides is 2. The van der Waals surface area contributed by atoms with Gasteiger partial charge >= 0.3 is 0 Å². The monoisotopic (exact) mass is 250 g/mol. The zero-order valence-electron chi connectivity index (χ0n) is 7.30. The second-order valence-electron chi connectivity index (χ2n) is 3.40. The Labute approximate surface area is 97.6 Å². The van der Waals surface area contributed by atoms with Crippen molar-refractivity contribution in [1.29, 1.82) is 0 Å². The Morgan fingerprint density at radius 2 is 2.29 bits per heavy atom. The molecule has 1 saturated carbocycles. The molecule has 1 aliphatic carbocycles. The molecule has 0 radical (unpaired) electrons. The predicted octanol–water partition coefficient (Wildman–Crippen LogP) is 3.34. The number of halogens is 3. The van der Waals surface area contributed by atoms with Crippen molar-refractivity contribution < 1.29 is 0 Å². The lowest BCUT2D eigenvalue weighted by Crippen LogP contribution is -2.07. The second-order valence-corrected chi connectivity index (χ2v) is 5.35. The van der Waals surface area contributed by atoms with Crippen LogP contribution in [0.3, 0.4) is 0 Å². The van der Waals surface area contributed by atoms with E-state index in [-0.39, 0.29) is 0 Å². The molecule has 1 unspecified atom stereocenters. The van der Waals surface area contributed by atoms with E-state index in [4.69, 9.17) is 34.8 Å². The molecule has 1 aromatic heterocycles. The molecule has 0 amide bonds. The lowest BCUT2D eigenvalue weighted by Gasteiger charge is -2.07. The van der Waals surface area contributed by atoms with Gasteiger partial charge in [0.05, 0.1) is 10.7 Å². The zero-order chi connectivity index (χ0) is 10.2. The van der Waals surface area contributed by atoms with Gasteiger partial charge < -0.3 is 5.32 Å². The number of hydrogen-bond donors (Lipinski definition) is 1. The molecular formula is C9H9Cl3N2. The van der Waals surface area contributed by atoms with Crippen molar-refractivity contribution in [2.75, 3.05) is 11.9 Å². The number of pyridine rings is 1. The molecule has 1 N–H and O–H groups in total. The van der Waals surface area contributed by atoms with E-state index in [1.807, 2.05) is 6.07 Å². The van der Waals surface area contributed by atoms with Gasteiger partial charge in [0.25, 0.3) is 0 Å². The quantitative estimate of drug-likeness (QED) is 0.834. The fraction of sp³-hybridized carbons (Fsp3) is 0.444. The fourth-order valence-electron chi connectivity index (χ4n) is 1.24. The third-order valence-electron chi connectivity index (χ3n) is 2.27. The number of hydrogen-bond acceptors (Lipinski definition) is 2. The van der Waals surface area contributed by atoms with Crippen LogP contribution in [-0.4, -0.2) is 15.9 Å². The number of anilines is 1. The molecule has 1 atom stereocenters. The topological polar surface area (TPSA) is 24.9 Å². The van der Waals surface area contributed by atoms with E-state index < -0.39 is 4.33 Å². The maximum absolute atomic E-state index is 5.91. The second kappa shape index (κ2) is 3.76. The lowest BCUT2D eigenvalue weighted by atomic mass is 10.3. The van der Waals surface area contributed by atoms with Gasteiger partial charge in [0, 0.05) is 24.9 Å². The van der Waals surface area contributed by atoms with Gasteiger partial charge in [-0.3, -0.25) is 4.98 Å². The van der Waals surface area contributed by atoms with Crippen LogP contribution in [0, 0.1) is 5.92 Å². The van der Waals surface area contributed by atoms with Gasteiger partial charge in [-0.15, -0.1) is 23.2 Å². The molecule has 0 saturated heterocycles. The molecule has 5 heteroatoms. The molecule has 1 fully saturated rings. The smallest absolute Gasteiger partial charge is 0.123 e. The fourth-order valence-corrected chi connectivity index (χ4v) is 1.96. The van der Waals surface area contributed by atoms with Crippen molar-refractivity contribution in [3.8, 4) is 0 Å². The minimum atomic E-state index is -0.535. The highest BCUT2D eigenvalue weighted by Crippen LogP contribution is 2.53. The van der Waals surface area contributed by atoms with Crippen LogP contribution in [0.4, 0.5) is 5.69 Å². The highest BCUT2D eigenvalue weighted by Gasteiger charge is 2.51. The third kappa shape index (κ3) is 2.25. The average molecular weight is 252 g/mol. The molecule has 2 nitrogen and oxygen atoms in total. The molecule has 0 spiro atoms. The third-order valence-corrected chi connectivity index (χ3v) is 3.49. The van der Waals surface area contributed by atoms with Crippen LogP contribution in [0.15, 0.2) is 18.5 Å². The first-order valence-corrected chi connectivity index (χ1v) is 5.44. The minimum absolute atomic E-state index is 0.315. The van der Waals surface area contributed by atoms with Crippen molar-refractivity contribution in [2.45, 2.75) is 10.8 Å². The summed E-state index contributed by atoms with van der Waals surface area (Å²) >= 11 is 17.7. The molecule has 1 aliphatic rings. The molecule has 0 aromatic carbocycles. The van der Waals surface area contributed by atoms with E-state index in [1.165, 1.54) is 0 Å². The lowest BCUT2D eigenvalue weighted by molar-refractivity contribution is 0.875. The summed E-state index contributed by atoms with van der Waals surface area (Å²) in [5, 5.41) is 3.80. The number of nitrogens with one attached hydrogen (secondary N) is 1. The van der Waals surface area contributed by atoms with Crippen LogP contribution in [0.2, 0.25) is 5.02 Å². The van der Waals surface area contributed by atoms with Crippen molar-refractivity contribution in [3.05, 3.63) is 23.5 Å². The van der Waals surface area contributed by atoms with E-state index in [2.05, 4.69) is 10.3 Å². The van der Waals surface area contributed by atoms with Crippen LogP contribution in [0.1, 0.15) is 6.42 Å². The standard InChI is InChI=1S/C9H9Cl3N2/c10-7-5-13-2-1-8(7)14-4-6-3-9(6,11)12/h1-2,5-6H,3-4H2,(H,13,14). The molecule has 0 bridgehead atoms. The summed E-state index contributed by atoms with van der Waals surface area (Å²) in [6.07, 6.45) is 4.13. The Morgan fingerprint density at radius 3 is 2.86 bits per heavy atom. The normalized spacial score (nSPS) is 23.2. The first kappa shape index (κ1) is 10.3. The molecule has 14 heavy (non-hydrogen) atoms. The minimum Gasteiger partial charge on any atom is -0.383 e. The van der Waals surface area contributed by atoms with E-state index in [0.717, 1.165) is 18.7 Å². The van der Waals surface area contributed by atoms with Gasteiger partial charge in [-0.05, 0) is 12.5 Å². The van der Waals surface area contributed by atoms with Gasteiger partial charge in [-0.2, -0.15) is 0 Å². The Balaban J connectivity index is 1.90. The summed E-state index contributed by atoms with van der Waals surface area (Å²) in [6.45, 7) is 0.747. The van der Waals surface area contributed by atoms with Crippen LogP contribution in [0.25, 0.3) is 0 Å². The highest BCUT2D eigenvalue weighted by molar-refractivity contribution is 6.50. The largest absolute Gasteiger partial charge is 0.383 e. The maximum atomic E-state index is 5.91. The van der Waals surface area contributed by atoms with Gasteiger partial charge in [-0.1, -0.05) is 11.6 Å². The molecule has 2 rings (SSSR count). The van der Waals surface area contributed by atoms with Gasteiger partial charge in [-0.25, -0.2) is 0 Å². The van der Waals surface area contributed by atoms with Gasteiger partial charge in [0.15, 0.2) is 0 Å². The molecule has 0 aliphatic heterocycles. The SMILES string of the molecule is Clc1cnccc1NCC1CC1(Cl)Cl. The summed E-state index contributed by atoms with van der Waals surface area (Å²) in [6, 6.07) is 1.83. The average Bonchev–Trinajstić information content (AvgIpc) is 2.73. The summed E-state index contributed by atoms with van der Waals surface area (Å²) < 4.78 is -0.535. The van der Waals surface area contributed by atoms with E-state index in [9.17, 15) is 0 Å². The summed E-state index contributed by atoms with van der Waals surface area (Å²) in [7, 11) is 0. The maximum Gasteiger partial charge on any atom is 0.123 e. The van der Waals surface area contributed by atoms with Crippen molar-refractivity contribution in [1.82, 2.24) is 4.98 Å². The first-order chi connectivity index (χ1) is 6.59. The Kier molecular flexibility index (Phi) is 2.78. The van der Waals surface area contributed by atoms with Gasteiger partial charge in [0.1, 0.15) is 4.33 Å². The highest BCUT2D eigenvalue weighted by atomic mass is 35.5. The predicted molar refractivity (Wildman–Crippen MR) is 60.3 cm³/mol. The number of nitrogens with zero attached hydrogens (tertiary/aromatic N) is 1. The Hall–Kier alpha value is -0.180. The van der Waals surface area contributed by atoms with E-state index >= 15 is 0 Å². The van der Waals surface area contributed by atoms with Crippen LogP contribution < -0.4 is 5.32 Å². The molecule has 76 valence electrons. The molecule has 1 heterocycles. The Bertz CT molecular complexity index is 341. The van der Waals surface area contributed by atoms with Crippen molar-refractivity contribution in [2.24, 2.45) is 5.92 Å². The van der Waals surface area contributed by atoms with E-state index in [1.54, 1.807) is 12.4 Å². The van der Waals surface area contributed by atoms with Crippen molar-refractivity contribution in [3.63, 3.8) is 0 Å². The Morgan fingerprint density at radius 1 is 1.57 bits per heavy atom. The molecular weight excluding hydrogens is 242 g/mol. The zero-order valence-corrected chi connectivity index (χ0v) is 9.57. The number of rotatable bonds is 3. The number of aromatic nitrogens is 1. The van der Waals surface area contributed by atoms with Crippen molar-refractivity contribution >= 4 is 40.5 Å².